The van der Waals surface area contributed by atoms with Crippen LogP contribution in [0.5, 0.6) is 0 Å². The molecule has 1 fully saturated rings. The molecule has 5 nitrogen and oxygen atoms in total. The van der Waals surface area contributed by atoms with Gasteiger partial charge in [-0.2, -0.15) is 0 Å². The van der Waals surface area contributed by atoms with Gasteiger partial charge in [-0.3, -0.25) is 9.59 Å². The maximum atomic E-state index is 12.4. The second-order valence-corrected chi connectivity index (χ2v) is 6.75. The molecular formula is C15H28N2O3. The molecule has 116 valence electrons. The number of rotatable bonds is 4. The van der Waals surface area contributed by atoms with E-state index in [1.807, 2.05) is 25.7 Å². The molecule has 0 saturated carbocycles. The lowest BCUT2D eigenvalue weighted by molar-refractivity contribution is -0.139. The normalized spacial score (nSPS) is 21.4. The molecule has 1 aliphatic heterocycles. The van der Waals surface area contributed by atoms with E-state index in [-0.39, 0.29) is 18.4 Å². The Morgan fingerprint density at radius 2 is 2.05 bits per heavy atom. The number of aliphatic hydroxyl groups is 1. The molecule has 0 aromatic heterocycles. The first-order valence-electron chi connectivity index (χ1n) is 7.46. The van der Waals surface area contributed by atoms with Gasteiger partial charge >= 0.3 is 0 Å². The number of hydrogen-bond acceptors (Lipinski definition) is 3. The van der Waals surface area contributed by atoms with E-state index in [4.69, 9.17) is 5.11 Å². The summed E-state index contributed by atoms with van der Waals surface area (Å²) in [7, 11) is 0. The van der Waals surface area contributed by atoms with Gasteiger partial charge in [-0.1, -0.05) is 20.8 Å². The van der Waals surface area contributed by atoms with Crippen molar-refractivity contribution in [3.8, 4) is 0 Å². The molecule has 0 bridgehead atoms. The molecule has 5 heteroatoms. The van der Waals surface area contributed by atoms with Crippen LogP contribution >= 0.6 is 0 Å². The third-order valence-electron chi connectivity index (χ3n) is 3.77. The first-order chi connectivity index (χ1) is 9.25. The van der Waals surface area contributed by atoms with Crippen molar-refractivity contribution in [2.75, 3.05) is 19.7 Å². The van der Waals surface area contributed by atoms with Crippen LogP contribution in [0, 0.1) is 11.3 Å². The minimum Gasteiger partial charge on any atom is -0.396 e. The van der Waals surface area contributed by atoms with Crippen molar-refractivity contribution < 1.29 is 14.7 Å². The number of nitrogens with one attached hydrogen (secondary N) is 1. The quantitative estimate of drug-likeness (QED) is 0.814. The van der Waals surface area contributed by atoms with Gasteiger partial charge < -0.3 is 15.3 Å². The summed E-state index contributed by atoms with van der Waals surface area (Å²) in [6, 6.07) is -0.491. The van der Waals surface area contributed by atoms with Gasteiger partial charge in [-0.15, -0.1) is 0 Å². The summed E-state index contributed by atoms with van der Waals surface area (Å²) in [6.45, 7) is 8.84. The Balaban J connectivity index is 2.54. The highest BCUT2D eigenvalue weighted by molar-refractivity contribution is 5.89. The highest BCUT2D eigenvalue weighted by Gasteiger charge is 2.29. The minimum atomic E-state index is -0.491. The number of nitrogens with zero attached hydrogens (tertiary/aromatic N) is 1. The summed E-state index contributed by atoms with van der Waals surface area (Å²) in [5.74, 6) is 0.246. The number of hydrogen-bond donors (Lipinski definition) is 2. The number of likely N-dealkylation sites (tertiary alicyclic amines) is 1. The molecule has 1 rings (SSSR count). The Morgan fingerprint density at radius 3 is 2.60 bits per heavy atom. The van der Waals surface area contributed by atoms with E-state index in [2.05, 4.69) is 5.32 Å². The molecule has 0 aromatic rings. The molecule has 1 heterocycles. The molecule has 1 aliphatic rings. The minimum absolute atomic E-state index is 0.0229. The molecule has 2 atom stereocenters. The van der Waals surface area contributed by atoms with Crippen LogP contribution in [0.2, 0.25) is 0 Å². The fraction of sp³-hybridized carbons (Fsp3) is 0.867. The molecular weight excluding hydrogens is 256 g/mol. The van der Waals surface area contributed by atoms with Gasteiger partial charge in [0.1, 0.15) is 6.04 Å². The largest absolute Gasteiger partial charge is 0.396 e. The lowest BCUT2D eigenvalue weighted by atomic mass is 9.94. The number of amides is 2. The third kappa shape index (κ3) is 4.78. The first-order valence-corrected chi connectivity index (χ1v) is 7.46. The zero-order valence-corrected chi connectivity index (χ0v) is 13.1. The van der Waals surface area contributed by atoms with Crippen molar-refractivity contribution in [3.63, 3.8) is 0 Å². The maximum Gasteiger partial charge on any atom is 0.244 e. The van der Waals surface area contributed by atoms with E-state index < -0.39 is 11.5 Å². The van der Waals surface area contributed by atoms with Crippen LogP contribution in [0.25, 0.3) is 0 Å². The lowest BCUT2D eigenvalue weighted by Gasteiger charge is -2.34. The summed E-state index contributed by atoms with van der Waals surface area (Å²) < 4.78 is 0. The van der Waals surface area contributed by atoms with Crippen LogP contribution in [0.15, 0.2) is 0 Å². The number of carbonyl (C=O) groups is 2. The Kier molecular flexibility index (Phi) is 5.99. The Morgan fingerprint density at radius 1 is 1.40 bits per heavy atom. The van der Waals surface area contributed by atoms with Crippen LogP contribution in [0.3, 0.4) is 0 Å². The van der Waals surface area contributed by atoms with Crippen LogP contribution in [0.1, 0.15) is 47.0 Å². The fourth-order valence-corrected chi connectivity index (χ4v) is 2.43. The Hall–Kier alpha value is -1.10. The van der Waals surface area contributed by atoms with E-state index in [9.17, 15) is 9.59 Å². The average Bonchev–Trinajstić information content (AvgIpc) is 2.37. The number of aliphatic hydroxyl groups excluding tert-OH is 1. The lowest BCUT2D eigenvalue weighted by Crippen LogP contribution is -2.52. The van der Waals surface area contributed by atoms with Gasteiger partial charge in [0.15, 0.2) is 0 Å². The molecule has 0 aliphatic carbocycles. The Bertz CT molecular complexity index is 348. The second-order valence-electron chi connectivity index (χ2n) is 6.75. The molecule has 1 saturated heterocycles. The average molecular weight is 284 g/mol. The summed E-state index contributed by atoms with van der Waals surface area (Å²) >= 11 is 0. The van der Waals surface area contributed by atoms with Gasteiger partial charge in [0.2, 0.25) is 11.8 Å². The predicted molar refractivity (Wildman–Crippen MR) is 78.1 cm³/mol. The standard InChI is InChI=1S/C15H28N2O3/c1-11(16-14(20)15(2,3)4)13(19)17-8-5-6-12(10-17)7-9-18/h11-12,18H,5-10H2,1-4H3,(H,16,20). The smallest absolute Gasteiger partial charge is 0.244 e. The van der Waals surface area contributed by atoms with Crippen molar-refractivity contribution in [1.82, 2.24) is 10.2 Å². The number of piperidine rings is 1. The summed E-state index contributed by atoms with van der Waals surface area (Å²) in [4.78, 5) is 26.1. The van der Waals surface area contributed by atoms with Gasteiger partial charge in [0.05, 0.1) is 0 Å². The van der Waals surface area contributed by atoms with E-state index >= 15 is 0 Å². The monoisotopic (exact) mass is 284 g/mol. The zero-order chi connectivity index (χ0) is 15.3. The van der Waals surface area contributed by atoms with Gasteiger partial charge in [-0.25, -0.2) is 0 Å². The van der Waals surface area contributed by atoms with Crippen LogP contribution in [0.4, 0.5) is 0 Å². The Labute approximate surface area is 121 Å². The molecule has 2 amide bonds. The van der Waals surface area contributed by atoms with Crippen molar-refractivity contribution in [2.45, 2.75) is 53.0 Å². The molecule has 0 radical (unpaired) electrons. The van der Waals surface area contributed by atoms with Gasteiger partial charge in [-0.05, 0) is 32.1 Å². The van der Waals surface area contributed by atoms with Crippen LogP contribution in [-0.2, 0) is 9.59 Å². The molecule has 0 aromatic carbocycles. The number of carbonyl (C=O) groups excluding carboxylic acids is 2. The second kappa shape index (κ2) is 7.07. The van der Waals surface area contributed by atoms with Crippen molar-refractivity contribution in [2.24, 2.45) is 11.3 Å². The highest BCUT2D eigenvalue weighted by Crippen LogP contribution is 2.20. The van der Waals surface area contributed by atoms with E-state index in [1.54, 1.807) is 6.92 Å². The van der Waals surface area contributed by atoms with E-state index in [0.717, 1.165) is 25.8 Å². The van der Waals surface area contributed by atoms with Gasteiger partial charge in [0.25, 0.3) is 0 Å². The maximum absolute atomic E-state index is 12.4. The van der Waals surface area contributed by atoms with Crippen molar-refractivity contribution in [3.05, 3.63) is 0 Å². The first kappa shape index (κ1) is 17.0. The molecule has 2 unspecified atom stereocenters. The van der Waals surface area contributed by atoms with Crippen LogP contribution < -0.4 is 5.32 Å². The van der Waals surface area contributed by atoms with Crippen LogP contribution in [-0.4, -0.2) is 47.6 Å². The predicted octanol–water partition coefficient (Wildman–Crippen LogP) is 1.16. The fourth-order valence-electron chi connectivity index (χ4n) is 2.43. The zero-order valence-electron chi connectivity index (χ0n) is 13.1. The summed E-state index contributed by atoms with van der Waals surface area (Å²) in [5, 5.41) is 11.8. The van der Waals surface area contributed by atoms with E-state index in [0.29, 0.717) is 12.5 Å². The highest BCUT2D eigenvalue weighted by atomic mass is 16.3. The molecule has 0 spiro atoms. The molecule has 20 heavy (non-hydrogen) atoms. The summed E-state index contributed by atoms with van der Waals surface area (Å²) in [5.41, 5.74) is -0.490. The van der Waals surface area contributed by atoms with Crippen molar-refractivity contribution >= 4 is 11.8 Å². The SMILES string of the molecule is CC(NC(=O)C(C)(C)C)C(=O)N1CCCC(CCO)C1. The summed E-state index contributed by atoms with van der Waals surface area (Å²) in [6.07, 6.45) is 2.77. The third-order valence-corrected chi connectivity index (χ3v) is 3.77. The molecule has 2 N–H and O–H groups in total. The topological polar surface area (TPSA) is 69.6 Å². The van der Waals surface area contributed by atoms with Gasteiger partial charge in [0, 0.05) is 25.1 Å². The van der Waals surface area contributed by atoms with Crippen molar-refractivity contribution in [1.29, 1.82) is 0 Å². The van der Waals surface area contributed by atoms with E-state index in [1.165, 1.54) is 0 Å².